The normalized spacial score (nSPS) is 31.8. The van der Waals surface area contributed by atoms with Gasteiger partial charge in [-0.15, -0.1) is 0 Å². The number of piperazine rings is 1. The van der Waals surface area contributed by atoms with Gasteiger partial charge in [-0.1, -0.05) is 20.3 Å². The van der Waals surface area contributed by atoms with Gasteiger partial charge in [0.25, 0.3) is 0 Å². The van der Waals surface area contributed by atoms with E-state index in [0.29, 0.717) is 6.42 Å². The standard InChI is InChI=1S/C15H25N3O3/c1-3-12-14(20)17-13(19)8-18(12)15(21)9(2)10-5-4-6-11(16)7-10/h9-12H,3-8,16H2,1-2H3,(H,17,19,20). The topological polar surface area (TPSA) is 92.5 Å². The Labute approximate surface area is 125 Å². The third-order valence-corrected chi connectivity index (χ3v) is 4.78. The third-order valence-electron chi connectivity index (χ3n) is 4.78. The Hall–Kier alpha value is -1.43. The Kier molecular flexibility index (Phi) is 4.98. The highest BCUT2D eigenvalue weighted by atomic mass is 16.2. The van der Waals surface area contributed by atoms with Crippen molar-refractivity contribution in [3.8, 4) is 0 Å². The molecule has 0 bridgehead atoms. The van der Waals surface area contributed by atoms with Gasteiger partial charge in [0.1, 0.15) is 12.6 Å². The molecule has 1 heterocycles. The Bertz CT molecular complexity index is 438. The second-order valence-electron chi connectivity index (χ2n) is 6.28. The van der Waals surface area contributed by atoms with Gasteiger partial charge in [-0.3, -0.25) is 19.7 Å². The van der Waals surface area contributed by atoms with Crippen molar-refractivity contribution in [1.82, 2.24) is 10.2 Å². The molecule has 1 aliphatic heterocycles. The van der Waals surface area contributed by atoms with Crippen molar-refractivity contribution in [3.63, 3.8) is 0 Å². The van der Waals surface area contributed by atoms with E-state index < -0.39 is 11.9 Å². The summed E-state index contributed by atoms with van der Waals surface area (Å²) >= 11 is 0. The summed E-state index contributed by atoms with van der Waals surface area (Å²) in [5, 5.41) is 2.30. The average Bonchev–Trinajstić information content (AvgIpc) is 2.45. The fourth-order valence-corrected chi connectivity index (χ4v) is 3.49. The first-order chi connectivity index (χ1) is 9.93. The van der Waals surface area contributed by atoms with Crippen molar-refractivity contribution in [1.29, 1.82) is 0 Å². The van der Waals surface area contributed by atoms with E-state index in [2.05, 4.69) is 5.32 Å². The van der Waals surface area contributed by atoms with Gasteiger partial charge in [0.05, 0.1) is 0 Å². The molecule has 3 amide bonds. The minimum absolute atomic E-state index is 0.0216. The number of hydrogen-bond acceptors (Lipinski definition) is 4. The summed E-state index contributed by atoms with van der Waals surface area (Å²) in [5.74, 6) is -0.799. The molecule has 0 spiro atoms. The predicted molar refractivity (Wildman–Crippen MR) is 78.0 cm³/mol. The van der Waals surface area contributed by atoms with E-state index >= 15 is 0 Å². The number of nitrogens with zero attached hydrogens (tertiary/aromatic N) is 1. The summed E-state index contributed by atoms with van der Waals surface area (Å²) in [6.07, 6.45) is 4.41. The fourth-order valence-electron chi connectivity index (χ4n) is 3.49. The Morgan fingerprint density at radius 3 is 2.76 bits per heavy atom. The van der Waals surface area contributed by atoms with Gasteiger partial charge < -0.3 is 10.6 Å². The van der Waals surface area contributed by atoms with Gasteiger partial charge in [0.2, 0.25) is 17.7 Å². The van der Waals surface area contributed by atoms with Gasteiger partial charge in [-0.05, 0) is 31.6 Å². The molecule has 1 aliphatic carbocycles. The molecule has 0 aromatic heterocycles. The molecule has 1 saturated carbocycles. The summed E-state index contributed by atoms with van der Waals surface area (Å²) in [6, 6.07) is -0.373. The zero-order chi connectivity index (χ0) is 15.6. The summed E-state index contributed by atoms with van der Waals surface area (Å²) in [4.78, 5) is 37.6. The molecule has 4 unspecified atom stereocenters. The molecular weight excluding hydrogens is 270 g/mol. The van der Waals surface area contributed by atoms with Crippen LogP contribution >= 0.6 is 0 Å². The van der Waals surface area contributed by atoms with Crippen LogP contribution in [0.2, 0.25) is 0 Å². The van der Waals surface area contributed by atoms with Crippen LogP contribution in [0.1, 0.15) is 46.0 Å². The van der Waals surface area contributed by atoms with Crippen molar-refractivity contribution in [2.45, 2.75) is 58.0 Å². The summed E-state index contributed by atoms with van der Waals surface area (Å²) < 4.78 is 0. The molecule has 2 rings (SSSR count). The molecule has 21 heavy (non-hydrogen) atoms. The number of rotatable bonds is 3. The monoisotopic (exact) mass is 295 g/mol. The number of nitrogens with one attached hydrogen (secondary N) is 1. The van der Waals surface area contributed by atoms with Crippen molar-refractivity contribution in [2.24, 2.45) is 17.6 Å². The minimum atomic E-state index is -0.532. The number of amides is 3. The maximum Gasteiger partial charge on any atom is 0.249 e. The van der Waals surface area contributed by atoms with Gasteiger partial charge in [-0.25, -0.2) is 0 Å². The molecule has 0 aromatic carbocycles. The molecule has 3 N–H and O–H groups in total. The van der Waals surface area contributed by atoms with Crippen LogP contribution in [0.4, 0.5) is 0 Å². The highest BCUT2D eigenvalue weighted by Gasteiger charge is 2.39. The molecule has 0 radical (unpaired) electrons. The van der Waals surface area contributed by atoms with Crippen LogP contribution in [0.15, 0.2) is 0 Å². The van der Waals surface area contributed by atoms with Crippen LogP contribution in [-0.4, -0.2) is 41.2 Å². The first-order valence-corrected chi connectivity index (χ1v) is 7.83. The fraction of sp³-hybridized carbons (Fsp3) is 0.800. The zero-order valence-electron chi connectivity index (χ0n) is 12.8. The second-order valence-corrected chi connectivity index (χ2v) is 6.28. The zero-order valence-corrected chi connectivity index (χ0v) is 12.8. The summed E-state index contributed by atoms with van der Waals surface area (Å²) in [5.41, 5.74) is 6.00. The SMILES string of the molecule is CCC1C(=O)NC(=O)CN1C(=O)C(C)C1CCCC(N)C1. The Balaban J connectivity index is 2.09. The number of carbonyl (C=O) groups excluding carboxylic acids is 3. The number of carbonyl (C=O) groups is 3. The quantitative estimate of drug-likeness (QED) is 0.737. The van der Waals surface area contributed by atoms with Crippen molar-refractivity contribution < 1.29 is 14.4 Å². The highest BCUT2D eigenvalue weighted by molar-refractivity contribution is 6.04. The van der Waals surface area contributed by atoms with E-state index in [9.17, 15) is 14.4 Å². The van der Waals surface area contributed by atoms with E-state index in [1.54, 1.807) is 0 Å². The molecule has 118 valence electrons. The lowest BCUT2D eigenvalue weighted by Crippen LogP contribution is -2.60. The highest BCUT2D eigenvalue weighted by Crippen LogP contribution is 2.31. The maximum atomic E-state index is 12.7. The van der Waals surface area contributed by atoms with Crippen LogP contribution in [-0.2, 0) is 14.4 Å². The van der Waals surface area contributed by atoms with Crippen molar-refractivity contribution >= 4 is 17.7 Å². The summed E-state index contributed by atoms with van der Waals surface area (Å²) in [6.45, 7) is 3.72. The average molecular weight is 295 g/mol. The number of imide groups is 1. The van der Waals surface area contributed by atoms with E-state index in [4.69, 9.17) is 5.73 Å². The predicted octanol–water partition coefficient (Wildman–Crippen LogP) is 0.404. The second kappa shape index (κ2) is 6.56. The van der Waals surface area contributed by atoms with Gasteiger partial charge in [0, 0.05) is 12.0 Å². The number of hydrogen-bond donors (Lipinski definition) is 2. The smallest absolute Gasteiger partial charge is 0.249 e. The van der Waals surface area contributed by atoms with Crippen molar-refractivity contribution in [3.05, 3.63) is 0 Å². The largest absolute Gasteiger partial charge is 0.328 e. The lowest BCUT2D eigenvalue weighted by molar-refractivity contribution is -0.153. The first kappa shape index (κ1) is 15.9. The van der Waals surface area contributed by atoms with Gasteiger partial charge >= 0.3 is 0 Å². The third kappa shape index (κ3) is 3.43. The Morgan fingerprint density at radius 2 is 2.14 bits per heavy atom. The molecule has 2 aliphatic rings. The van der Waals surface area contributed by atoms with Crippen molar-refractivity contribution in [2.75, 3.05) is 6.54 Å². The van der Waals surface area contributed by atoms with E-state index in [1.807, 2.05) is 13.8 Å². The van der Waals surface area contributed by atoms with Gasteiger partial charge in [0.15, 0.2) is 0 Å². The first-order valence-electron chi connectivity index (χ1n) is 7.83. The van der Waals surface area contributed by atoms with Crippen LogP contribution < -0.4 is 11.1 Å². The van der Waals surface area contributed by atoms with Crippen LogP contribution in [0, 0.1) is 11.8 Å². The minimum Gasteiger partial charge on any atom is -0.328 e. The molecule has 6 nitrogen and oxygen atoms in total. The molecule has 1 saturated heterocycles. The summed E-state index contributed by atoms with van der Waals surface area (Å²) in [7, 11) is 0. The molecule has 0 aromatic rings. The number of nitrogens with two attached hydrogens (primary N) is 1. The van der Waals surface area contributed by atoms with Crippen LogP contribution in [0.25, 0.3) is 0 Å². The van der Waals surface area contributed by atoms with Crippen LogP contribution in [0.5, 0.6) is 0 Å². The Morgan fingerprint density at radius 1 is 1.43 bits per heavy atom. The lowest BCUT2D eigenvalue weighted by atomic mass is 9.78. The molecule has 2 fully saturated rings. The molecule has 6 heteroatoms. The maximum absolute atomic E-state index is 12.7. The van der Waals surface area contributed by atoms with Gasteiger partial charge in [-0.2, -0.15) is 0 Å². The van der Waals surface area contributed by atoms with E-state index in [-0.39, 0.29) is 36.2 Å². The molecular formula is C15H25N3O3. The lowest BCUT2D eigenvalue weighted by Gasteiger charge is -2.38. The van der Waals surface area contributed by atoms with Crippen LogP contribution in [0.3, 0.4) is 0 Å². The molecule has 4 atom stereocenters. The van der Waals surface area contributed by atoms with E-state index in [1.165, 1.54) is 4.90 Å². The van der Waals surface area contributed by atoms with E-state index in [0.717, 1.165) is 25.7 Å².